The van der Waals surface area contributed by atoms with Crippen molar-refractivity contribution in [1.29, 1.82) is 0 Å². The fourth-order valence-corrected chi connectivity index (χ4v) is 4.72. The van der Waals surface area contributed by atoms with Crippen molar-refractivity contribution in [3.05, 3.63) is 76.5 Å². The maximum absolute atomic E-state index is 12.7. The number of nitrogens with zero attached hydrogens (tertiary/aromatic N) is 1. The van der Waals surface area contributed by atoms with Crippen LogP contribution in [-0.4, -0.2) is 38.7 Å². The van der Waals surface area contributed by atoms with Gasteiger partial charge in [0, 0.05) is 41.9 Å². The number of ether oxygens (including phenoxy) is 1. The van der Waals surface area contributed by atoms with E-state index in [2.05, 4.69) is 45.2 Å². The topological polar surface area (TPSA) is 53.6 Å². The molecule has 1 aromatic heterocycles. The summed E-state index contributed by atoms with van der Waals surface area (Å²) in [6, 6.07) is 20.3. The fourth-order valence-electron chi connectivity index (χ4n) is 4.01. The monoisotopic (exact) mass is 435 g/mol. The van der Waals surface area contributed by atoms with Crippen molar-refractivity contribution < 1.29 is 9.53 Å². The molecule has 1 amide bonds. The van der Waals surface area contributed by atoms with E-state index in [9.17, 15) is 4.79 Å². The van der Waals surface area contributed by atoms with E-state index in [0.29, 0.717) is 17.4 Å². The van der Waals surface area contributed by atoms with Gasteiger partial charge in [0.25, 0.3) is 5.91 Å². The molecular weight excluding hydrogens is 406 g/mol. The minimum absolute atomic E-state index is 0.164. The van der Waals surface area contributed by atoms with E-state index >= 15 is 0 Å². The molecule has 0 spiro atoms. The normalized spacial score (nSPS) is 14.4. The molecule has 0 saturated carbocycles. The van der Waals surface area contributed by atoms with Crippen LogP contribution in [0.2, 0.25) is 0 Å². The number of anilines is 2. The quantitative estimate of drug-likeness (QED) is 0.533. The van der Waals surface area contributed by atoms with Crippen molar-refractivity contribution in [3.8, 4) is 5.75 Å². The van der Waals surface area contributed by atoms with Crippen molar-refractivity contribution in [2.24, 2.45) is 0 Å². The van der Waals surface area contributed by atoms with Crippen LogP contribution in [0.4, 0.5) is 11.4 Å². The summed E-state index contributed by atoms with van der Waals surface area (Å²) in [5.41, 5.74) is 2.48. The van der Waals surface area contributed by atoms with Gasteiger partial charge < -0.3 is 20.3 Å². The SMILES string of the molecule is COc1ccccc1C(=O)Nc1cccc(N2CCC(NCCc3cccs3)CC2)c1. The third kappa shape index (κ3) is 5.66. The Morgan fingerprint density at radius 1 is 1.10 bits per heavy atom. The van der Waals surface area contributed by atoms with E-state index in [0.717, 1.165) is 50.3 Å². The van der Waals surface area contributed by atoms with Gasteiger partial charge in [0.2, 0.25) is 0 Å². The van der Waals surface area contributed by atoms with Crippen molar-refractivity contribution >= 4 is 28.6 Å². The number of carbonyl (C=O) groups excluding carboxylic acids is 1. The molecule has 1 aliphatic heterocycles. The molecule has 1 fully saturated rings. The van der Waals surface area contributed by atoms with Crippen molar-refractivity contribution in [3.63, 3.8) is 0 Å². The van der Waals surface area contributed by atoms with Gasteiger partial charge in [-0.05, 0) is 61.0 Å². The van der Waals surface area contributed by atoms with Crippen LogP contribution >= 0.6 is 11.3 Å². The molecule has 0 unspecified atom stereocenters. The molecule has 1 saturated heterocycles. The van der Waals surface area contributed by atoms with Crippen LogP contribution in [0, 0.1) is 0 Å². The lowest BCUT2D eigenvalue weighted by Gasteiger charge is -2.34. The molecule has 2 heterocycles. The summed E-state index contributed by atoms with van der Waals surface area (Å²) in [5, 5.41) is 8.85. The summed E-state index contributed by atoms with van der Waals surface area (Å²) in [5.74, 6) is 0.410. The summed E-state index contributed by atoms with van der Waals surface area (Å²) in [6.45, 7) is 3.07. The molecule has 162 valence electrons. The first kappa shape index (κ1) is 21.4. The van der Waals surface area contributed by atoms with Gasteiger partial charge in [-0.15, -0.1) is 11.3 Å². The van der Waals surface area contributed by atoms with Crippen LogP contribution in [0.15, 0.2) is 66.0 Å². The Labute approximate surface area is 188 Å². The zero-order valence-corrected chi connectivity index (χ0v) is 18.7. The number of hydrogen-bond donors (Lipinski definition) is 2. The number of para-hydroxylation sites is 1. The van der Waals surface area contributed by atoms with E-state index in [4.69, 9.17) is 4.74 Å². The highest BCUT2D eigenvalue weighted by molar-refractivity contribution is 7.09. The number of piperidine rings is 1. The predicted octanol–water partition coefficient (Wildman–Crippen LogP) is 4.81. The van der Waals surface area contributed by atoms with Crippen LogP contribution in [0.1, 0.15) is 28.1 Å². The lowest BCUT2D eigenvalue weighted by Crippen LogP contribution is -2.43. The van der Waals surface area contributed by atoms with Gasteiger partial charge in [-0.2, -0.15) is 0 Å². The molecule has 3 aromatic rings. The van der Waals surface area contributed by atoms with Crippen LogP contribution in [-0.2, 0) is 6.42 Å². The standard InChI is InChI=1S/C25H29N3O2S/c1-30-24-10-3-2-9-23(24)25(29)27-20-6-4-7-21(18-20)28-15-12-19(13-16-28)26-14-11-22-8-5-17-31-22/h2-10,17-19,26H,11-16H2,1H3,(H,27,29). The zero-order chi connectivity index (χ0) is 21.5. The molecule has 4 rings (SSSR count). The first-order valence-corrected chi connectivity index (χ1v) is 11.7. The minimum Gasteiger partial charge on any atom is -0.496 e. The highest BCUT2D eigenvalue weighted by atomic mass is 32.1. The van der Waals surface area contributed by atoms with E-state index in [1.807, 2.05) is 35.6 Å². The molecule has 2 N–H and O–H groups in total. The molecule has 0 atom stereocenters. The molecule has 0 radical (unpaired) electrons. The second kappa shape index (κ2) is 10.5. The molecule has 31 heavy (non-hydrogen) atoms. The minimum atomic E-state index is -0.164. The predicted molar refractivity (Wildman–Crippen MR) is 129 cm³/mol. The van der Waals surface area contributed by atoms with E-state index in [1.54, 1.807) is 19.2 Å². The van der Waals surface area contributed by atoms with Crippen LogP contribution in [0.5, 0.6) is 5.75 Å². The van der Waals surface area contributed by atoms with Crippen molar-refractivity contribution in [2.75, 3.05) is 37.0 Å². The maximum atomic E-state index is 12.7. The molecule has 5 nitrogen and oxygen atoms in total. The fraction of sp³-hybridized carbons (Fsp3) is 0.320. The van der Waals surface area contributed by atoms with Crippen molar-refractivity contribution in [2.45, 2.75) is 25.3 Å². The van der Waals surface area contributed by atoms with Gasteiger partial charge in [-0.1, -0.05) is 24.3 Å². The molecule has 1 aliphatic rings. The lowest BCUT2D eigenvalue weighted by molar-refractivity contribution is 0.102. The van der Waals surface area contributed by atoms with Crippen LogP contribution in [0.3, 0.4) is 0 Å². The van der Waals surface area contributed by atoms with E-state index in [1.165, 1.54) is 4.88 Å². The van der Waals surface area contributed by atoms with Gasteiger partial charge in [-0.3, -0.25) is 4.79 Å². The van der Waals surface area contributed by atoms with Gasteiger partial charge in [0.1, 0.15) is 5.75 Å². The Hall–Kier alpha value is -2.83. The number of hydrogen-bond acceptors (Lipinski definition) is 5. The maximum Gasteiger partial charge on any atom is 0.259 e. The smallest absolute Gasteiger partial charge is 0.259 e. The second-order valence-corrected chi connectivity index (χ2v) is 8.78. The Morgan fingerprint density at radius 2 is 1.94 bits per heavy atom. The number of carbonyl (C=O) groups is 1. The first-order chi connectivity index (χ1) is 15.2. The van der Waals surface area contributed by atoms with E-state index < -0.39 is 0 Å². The number of methoxy groups -OCH3 is 1. The largest absolute Gasteiger partial charge is 0.496 e. The third-order valence-electron chi connectivity index (χ3n) is 5.70. The van der Waals surface area contributed by atoms with Gasteiger partial charge >= 0.3 is 0 Å². The van der Waals surface area contributed by atoms with E-state index in [-0.39, 0.29) is 5.91 Å². The molecule has 2 aromatic carbocycles. The number of nitrogens with one attached hydrogen (secondary N) is 2. The highest BCUT2D eigenvalue weighted by Gasteiger charge is 2.19. The number of rotatable bonds is 8. The summed E-state index contributed by atoms with van der Waals surface area (Å²) in [4.78, 5) is 16.5. The van der Waals surface area contributed by atoms with Gasteiger partial charge in [0.15, 0.2) is 0 Å². The number of amides is 1. The summed E-state index contributed by atoms with van der Waals surface area (Å²) in [6.07, 6.45) is 3.36. The average molecular weight is 436 g/mol. The van der Waals surface area contributed by atoms with Crippen LogP contribution in [0.25, 0.3) is 0 Å². The summed E-state index contributed by atoms with van der Waals surface area (Å²) < 4.78 is 5.31. The lowest BCUT2D eigenvalue weighted by atomic mass is 10.0. The molecule has 0 aliphatic carbocycles. The Bertz CT molecular complexity index is 982. The number of thiophene rings is 1. The van der Waals surface area contributed by atoms with Crippen molar-refractivity contribution in [1.82, 2.24) is 5.32 Å². The zero-order valence-electron chi connectivity index (χ0n) is 17.8. The summed E-state index contributed by atoms with van der Waals surface area (Å²) in [7, 11) is 1.58. The Kier molecular flexibility index (Phi) is 7.22. The Balaban J connectivity index is 1.30. The third-order valence-corrected chi connectivity index (χ3v) is 6.64. The highest BCUT2D eigenvalue weighted by Crippen LogP contribution is 2.25. The average Bonchev–Trinajstić information content (AvgIpc) is 3.33. The number of benzene rings is 2. The van der Waals surface area contributed by atoms with Gasteiger partial charge in [0.05, 0.1) is 12.7 Å². The Morgan fingerprint density at radius 3 is 2.71 bits per heavy atom. The first-order valence-electron chi connectivity index (χ1n) is 10.8. The second-order valence-electron chi connectivity index (χ2n) is 7.75. The molecule has 0 bridgehead atoms. The van der Waals surface area contributed by atoms with Crippen LogP contribution < -0.4 is 20.3 Å². The molecule has 6 heteroatoms. The summed E-state index contributed by atoms with van der Waals surface area (Å²) >= 11 is 1.83. The van der Waals surface area contributed by atoms with Gasteiger partial charge in [-0.25, -0.2) is 0 Å². The molecular formula is C25H29N3O2S.